The number of pyridine rings is 1. The molecule has 5 aromatic rings. The van der Waals surface area contributed by atoms with Crippen LogP contribution in [0.4, 0.5) is 35.1 Å². The third kappa shape index (κ3) is 4.48. The number of fused-ring (bicyclic) bond motifs is 2. The number of nitrogens with zero attached hydrogens (tertiary/aromatic N) is 4. The van der Waals surface area contributed by atoms with Crippen molar-refractivity contribution >= 4 is 16.9 Å². The van der Waals surface area contributed by atoms with Crippen molar-refractivity contribution in [1.29, 1.82) is 0 Å². The Morgan fingerprint density at radius 3 is 2.38 bits per heavy atom. The molecule has 0 bridgehead atoms. The summed E-state index contributed by atoms with van der Waals surface area (Å²) >= 11 is 0. The fourth-order valence-electron chi connectivity index (χ4n) is 7.36. The first-order valence-electron chi connectivity index (χ1n) is 14.7. The third-order valence-electron chi connectivity index (χ3n) is 9.60. The second-order valence-electron chi connectivity index (χ2n) is 12.4. The zero-order valence-corrected chi connectivity index (χ0v) is 24.4. The average molecular weight is 675 g/mol. The fourth-order valence-corrected chi connectivity index (χ4v) is 7.36. The van der Waals surface area contributed by atoms with E-state index in [2.05, 4.69) is 30.3 Å². The van der Waals surface area contributed by atoms with Crippen LogP contribution in [0.3, 0.4) is 0 Å². The van der Waals surface area contributed by atoms with Crippen LogP contribution in [0.1, 0.15) is 53.5 Å². The van der Waals surface area contributed by atoms with Gasteiger partial charge in [0.05, 0.1) is 28.9 Å². The van der Waals surface area contributed by atoms with Crippen LogP contribution in [0.25, 0.3) is 22.2 Å². The van der Waals surface area contributed by atoms with Crippen LogP contribution in [0.2, 0.25) is 0 Å². The summed E-state index contributed by atoms with van der Waals surface area (Å²) < 4.78 is 118. The van der Waals surface area contributed by atoms with Crippen molar-refractivity contribution in [3.8, 4) is 16.9 Å². The molecular formula is C32H22F8N6O2. The van der Waals surface area contributed by atoms with Crippen LogP contribution in [0.15, 0.2) is 54.7 Å². The second-order valence-corrected chi connectivity index (χ2v) is 12.4. The molecule has 0 spiro atoms. The Morgan fingerprint density at radius 2 is 1.71 bits per heavy atom. The molecule has 248 valence electrons. The minimum absolute atomic E-state index is 0.0874. The molecule has 0 saturated heterocycles. The first kappa shape index (κ1) is 30.3. The van der Waals surface area contributed by atoms with E-state index in [-0.39, 0.29) is 41.8 Å². The molecule has 16 heteroatoms. The first-order chi connectivity index (χ1) is 22.8. The highest BCUT2D eigenvalue weighted by atomic mass is 19.3. The molecule has 3 aliphatic rings. The number of hydrogen-bond acceptors (Lipinski definition) is 5. The van der Waals surface area contributed by atoms with Gasteiger partial charge in [0.2, 0.25) is 5.91 Å². The summed E-state index contributed by atoms with van der Waals surface area (Å²) in [4.78, 5) is 18.2. The number of halogens is 8. The van der Waals surface area contributed by atoms with Crippen LogP contribution < -0.4 is 10.1 Å². The van der Waals surface area contributed by atoms with Crippen molar-refractivity contribution in [3.63, 3.8) is 0 Å². The molecule has 0 aliphatic heterocycles. The van der Waals surface area contributed by atoms with E-state index in [0.29, 0.717) is 32.9 Å². The van der Waals surface area contributed by atoms with Gasteiger partial charge in [-0.25, -0.2) is 22.5 Å². The van der Waals surface area contributed by atoms with Crippen LogP contribution in [-0.2, 0) is 29.1 Å². The van der Waals surface area contributed by atoms with Gasteiger partial charge in [-0.05, 0) is 60.7 Å². The molecule has 1 unspecified atom stereocenters. The number of H-pyrrole nitrogens is 1. The number of benzene rings is 2. The lowest BCUT2D eigenvalue weighted by atomic mass is 9.93. The van der Waals surface area contributed by atoms with Crippen molar-refractivity contribution in [1.82, 2.24) is 30.3 Å². The Morgan fingerprint density at radius 1 is 1.00 bits per heavy atom. The molecule has 48 heavy (non-hydrogen) atoms. The van der Waals surface area contributed by atoms with E-state index in [1.807, 2.05) is 0 Å². The highest BCUT2D eigenvalue weighted by molar-refractivity contribution is 5.83. The largest absolute Gasteiger partial charge is 0.435 e. The Bertz CT molecular complexity index is 2090. The molecule has 0 radical (unpaired) electrons. The van der Waals surface area contributed by atoms with Gasteiger partial charge in [0.15, 0.2) is 0 Å². The van der Waals surface area contributed by atoms with E-state index in [4.69, 9.17) is 0 Å². The van der Waals surface area contributed by atoms with Crippen molar-refractivity contribution in [3.05, 3.63) is 94.6 Å². The van der Waals surface area contributed by atoms with Gasteiger partial charge in [0.25, 0.3) is 12.3 Å². The van der Waals surface area contributed by atoms with Gasteiger partial charge in [-0.2, -0.15) is 27.8 Å². The predicted molar refractivity (Wildman–Crippen MR) is 151 cm³/mol. The van der Waals surface area contributed by atoms with Gasteiger partial charge in [-0.15, -0.1) is 0 Å². The minimum Gasteiger partial charge on any atom is -0.435 e. The Kier molecular flexibility index (Phi) is 6.47. The molecule has 2 saturated carbocycles. The molecule has 8 nitrogen and oxygen atoms in total. The Balaban J connectivity index is 1.18. The molecule has 3 aliphatic carbocycles. The number of hydrogen-bond donors (Lipinski definition) is 2. The highest BCUT2D eigenvalue weighted by Gasteiger charge is 2.98. The SMILES string of the molecule is O=C(Cn1nc(C(F)F)c2c1C(F)(F)C13CC21C3)NC(Cc1cc(F)cc(F)c1)c1nc2cn[nH]c2cc1-c1ccc(OC(F)F)cc1. The van der Waals surface area contributed by atoms with Crippen molar-refractivity contribution in [2.45, 2.75) is 56.2 Å². The van der Waals surface area contributed by atoms with Gasteiger partial charge < -0.3 is 10.1 Å². The summed E-state index contributed by atoms with van der Waals surface area (Å²) in [6.07, 6.45) is -1.82. The number of alkyl halides is 6. The third-order valence-corrected chi connectivity index (χ3v) is 9.60. The van der Waals surface area contributed by atoms with E-state index >= 15 is 8.78 Å². The molecule has 2 aromatic carbocycles. The van der Waals surface area contributed by atoms with E-state index in [9.17, 15) is 31.1 Å². The number of nitrogens with one attached hydrogen (secondary N) is 2. The Hall–Kier alpha value is -5.02. The lowest BCUT2D eigenvalue weighted by Gasteiger charge is -2.24. The van der Waals surface area contributed by atoms with Gasteiger partial charge in [0.1, 0.15) is 40.8 Å². The maximum atomic E-state index is 15.6. The van der Waals surface area contributed by atoms with Gasteiger partial charge in [0, 0.05) is 22.6 Å². The van der Waals surface area contributed by atoms with E-state index < -0.39 is 71.3 Å². The molecule has 3 heterocycles. The van der Waals surface area contributed by atoms with Crippen molar-refractivity contribution < 1.29 is 44.7 Å². The zero-order valence-electron chi connectivity index (χ0n) is 24.4. The average Bonchev–Trinajstić information content (AvgIpc) is 3.62. The first-order valence-corrected chi connectivity index (χ1v) is 14.7. The van der Waals surface area contributed by atoms with Crippen LogP contribution >= 0.6 is 0 Å². The smallest absolute Gasteiger partial charge is 0.387 e. The second kappa shape index (κ2) is 10.2. The maximum absolute atomic E-state index is 15.6. The summed E-state index contributed by atoms with van der Waals surface area (Å²) in [5, 5.41) is 13.2. The predicted octanol–water partition coefficient (Wildman–Crippen LogP) is 6.88. The lowest BCUT2D eigenvalue weighted by molar-refractivity contribution is -0.123. The van der Waals surface area contributed by atoms with Crippen LogP contribution in [-0.4, -0.2) is 37.5 Å². The molecule has 2 N–H and O–H groups in total. The summed E-state index contributed by atoms with van der Waals surface area (Å²) in [5.74, 6) is -6.29. The summed E-state index contributed by atoms with van der Waals surface area (Å²) in [6, 6.07) is 8.66. The molecule has 3 aromatic heterocycles. The molecule has 8 rings (SSSR count). The van der Waals surface area contributed by atoms with Crippen molar-refractivity contribution in [2.75, 3.05) is 0 Å². The molecule has 1 amide bonds. The van der Waals surface area contributed by atoms with E-state index in [0.717, 1.165) is 12.1 Å². The number of amides is 1. The number of ether oxygens (including phenoxy) is 1. The maximum Gasteiger partial charge on any atom is 0.387 e. The monoisotopic (exact) mass is 674 g/mol. The number of carbonyl (C=O) groups is 1. The number of aromatic amines is 1. The molecule has 1 atom stereocenters. The summed E-state index contributed by atoms with van der Waals surface area (Å²) in [7, 11) is 0. The van der Waals surface area contributed by atoms with Crippen LogP contribution in [0.5, 0.6) is 5.75 Å². The van der Waals surface area contributed by atoms with Crippen LogP contribution in [0, 0.1) is 17.0 Å². The van der Waals surface area contributed by atoms with E-state index in [1.54, 1.807) is 6.07 Å². The summed E-state index contributed by atoms with van der Waals surface area (Å²) in [6.45, 7) is -3.92. The topological polar surface area (TPSA) is 97.7 Å². The summed E-state index contributed by atoms with van der Waals surface area (Å²) in [5.41, 5.74) is -2.29. The fraction of sp³-hybridized carbons (Fsp3) is 0.312. The zero-order chi connectivity index (χ0) is 33.7. The quantitative estimate of drug-likeness (QED) is 0.158. The van der Waals surface area contributed by atoms with E-state index in [1.165, 1.54) is 30.5 Å². The van der Waals surface area contributed by atoms with Gasteiger partial charge in [-0.3, -0.25) is 14.6 Å². The lowest BCUT2D eigenvalue weighted by Crippen LogP contribution is -2.35. The standard InChI is InChI=1S/C32H22F8N6O2/c33-16-5-14(6-17(34)8-16)7-21(25-19(9-20-22(43-25)10-41-44-20)15-1-3-18(4-2-15)48-29(37)38)42-23(47)11-46-27-24(26(45-46)28(35)36)30-12-31(30,13-30)32(27,39)40/h1-6,8-10,21,28-29H,7,11-13H2,(H,41,44)(H,42,47). The van der Waals surface area contributed by atoms with Crippen molar-refractivity contribution in [2.24, 2.45) is 5.41 Å². The number of aromatic nitrogens is 5. The van der Waals surface area contributed by atoms with Gasteiger partial charge >= 0.3 is 6.61 Å². The molecular weight excluding hydrogens is 652 g/mol. The number of carbonyl (C=O) groups excluding carboxylic acids is 1. The number of rotatable bonds is 10. The highest BCUT2D eigenvalue weighted by Crippen LogP contribution is 2.96. The van der Waals surface area contributed by atoms with Gasteiger partial charge in [-0.1, -0.05) is 12.1 Å². The Labute approximate surface area is 265 Å². The minimum atomic E-state index is -3.46. The normalized spacial score (nSPS) is 22.0. The molecule has 2 fully saturated rings.